The summed E-state index contributed by atoms with van der Waals surface area (Å²) in [6.07, 6.45) is 8.79. The number of carbonyl (C=O) groups excluding carboxylic acids is 2. The summed E-state index contributed by atoms with van der Waals surface area (Å²) in [5.41, 5.74) is 2.44. The van der Waals surface area contributed by atoms with Gasteiger partial charge in [-0.1, -0.05) is 29.8 Å². The van der Waals surface area contributed by atoms with Crippen molar-refractivity contribution in [2.24, 2.45) is 0 Å². The molecule has 0 spiro atoms. The third kappa shape index (κ3) is 4.88. The number of hydrogen-bond donors (Lipinski definition) is 1. The Morgan fingerprint density at radius 1 is 1.25 bits per heavy atom. The molecule has 148 valence electrons. The number of oxazole rings is 1. The Hall–Kier alpha value is -2.89. The van der Waals surface area contributed by atoms with Crippen LogP contribution in [0.3, 0.4) is 0 Å². The summed E-state index contributed by atoms with van der Waals surface area (Å²) >= 11 is 0. The predicted octanol–water partition coefficient (Wildman–Crippen LogP) is 4.53. The fourth-order valence-corrected chi connectivity index (χ4v) is 3.30. The van der Waals surface area contributed by atoms with Crippen LogP contribution in [0.2, 0.25) is 0 Å². The molecule has 0 atom stereocenters. The molecule has 0 bridgehead atoms. The number of allylic oxidation sites excluding steroid dienone is 1. The topological polar surface area (TPSA) is 81.4 Å². The van der Waals surface area contributed by atoms with E-state index in [1.54, 1.807) is 38.1 Å². The number of nitrogens with one attached hydrogen (secondary N) is 1. The van der Waals surface area contributed by atoms with Crippen molar-refractivity contribution in [3.8, 4) is 11.3 Å². The van der Waals surface area contributed by atoms with E-state index in [4.69, 9.17) is 9.15 Å². The smallest absolute Gasteiger partial charge is 0.361 e. The van der Waals surface area contributed by atoms with Crippen LogP contribution in [0, 0.1) is 0 Å². The lowest BCUT2D eigenvalue weighted by Gasteiger charge is -2.14. The van der Waals surface area contributed by atoms with Gasteiger partial charge in [0.25, 0.3) is 5.91 Å². The minimum Gasteiger partial charge on any atom is -0.458 e. The van der Waals surface area contributed by atoms with Crippen LogP contribution in [-0.4, -0.2) is 29.5 Å². The van der Waals surface area contributed by atoms with E-state index in [1.807, 2.05) is 0 Å². The van der Waals surface area contributed by atoms with Crippen LogP contribution in [0.1, 0.15) is 66.8 Å². The van der Waals surface area contributed by atoms with E-state index in [-0.39, 0.29) is 23.5 Å². The average Bonchev–Trinajstić information content (AvgIpc) is 3.18. The first-order valence-electron chi connectivity index (χ1n) is 9.76. The van der Waals surface area contributed by atoms with Crippen molar-refractivity contribution in [1.29, 1.82) is 0 Å². The van der Waals surface area contributed by atoms with Crippen LogP contribution in [0.4, 0.5) is 0 Å². The molecule has 2 aromatic rings. The highest BCUT2D eigenvalue weighted by Crippen LogP contribution is 2.27. The first-order chi connectivity index (χ1) is 13.6. The highest BCUT2D eigenvalue weighted by atomic mass is 16.5. The van der Waals surface area contributed by atoms with E-state index in [1.165, 1.54) is 24.8 Å². The molecule has 6 nitrogen and oxygen atoms in total. The van der Waals surface area contributed by atoms with E-state index in [2.05, 4.69) is 16.4 Å². The Kier molecular flexibility index (Phi) is 6.63. The maximum Gasteiger partial charge on any atom is 0.361 e. The third-order valence-electron chi connectivity index (χ3n) is 4.64. The first-order valence-corrected chi connectivity index (χ1v) is 9.76. The van der Waals surface area contributed by atoms with Crippen LogP contribution in [0.25, 0.3) is 11.3 Å². The second-order valence-corrected chi connectivity index (χ2v) is 7.14. The number of ether oxygens (including phenoxy) is 1. The normalized spacial score (nSPS) is 13.9. The van der Waals surface area contributed by atoms with Crippen molar-refractivity contribution in [3.63, 3.8) is 0 Å². The fourth-order valence-electron chi connectivity index (χ4n) is 3.30. The number of aromatic nitrogens is 1. The summed E-state index contributed by atoms with van der Waals surface area (Å²) in [6.45, 7) is 4.11. The van der Waals surface area contributed by atoms with Gasteiger partial charge in [0.1, 0.15) is 0 Å². The van der Waals surface area contributed by atoms with Crippen molar-refractivity contribution in [2.45, 2.75) is 52.1 Å². The SMILES string of the molecule is CC(C)OC(=O)c1ncoc1-c1ccccc1C(=O)NCCC1=CCCCC1. The van der Waals surface area contributed by atoms with Gasteiger partial charge in [-0.3, -0.25) is 4.79 Å². The van der Waals surface area contributed by atoms with Gasteiger partial charge < -0.3 is 14.5 Å². The van der Waals surface area contributed by atoms with Crippen LogP contribution in [0.5, 0.6) is 0 Å². The number of esters is 1. The summed E-state index contributed by atoms with van der Waals surface area (Å²) in [5.74, 6) is -0.531. The van der Waals surface area contributed by atoms with Crippen molar-refractivity contribution in [1.82, 2.24) is 10.3 Å². The largest absolute Gasteiger partial charge is 0.458 e. The van der Waals surface area contributed by atoms with Gasteiger partial charge in [-0.15, -0.1) is 0 Å². The highest BCUT2D eigenvalue weighted by Gasteiger charge is 2.24. The van der Waals surface area contributed by atoms with Crippen LogP contribution in [0.15, 0.2) is 46.7 Å². The minimum absolute atomic E-state index is 0.0707. The summed E-state index contributed by atoms with van der Waals surface area (Å²) in [6, 6.07) is 7.03. The Morgan fingerprint density at radius 3 is 2.82 bits per heavy atom. The maximum absolute atomic E-state index is 12.8. The van der Waals surface area contributed by atoms with Crippen molar-refractivity contribution < 1.29 is 18.7 Å². The summed E-state index contributed by atoms with van der Waals surface area (Å²) in [7, 11) is 0. The molecular weight excluding hydrogens is 356 g/mol. The van der Waals surface area contributed by atoms with Gasteiger partial charge in [0, 0.05) is 12.1 Å². The molecule has 0 unspecified atom stereocenters. The molecular formula is C22H26N2O4. The van der Waals surface area contributed by atoms with E-state index >= 15 is 0 Å². The van der Waals surface area contributed by atoms with Gasteiger partial charge >= 0.3 is 5.97 Å². The first kappa shape index (κ1) is 19.9. The fraction of sp³-hybridized carbons (Fsp3) is 0.409. The van der Waals surface area contributed by atoms with Crippen LogP contribution >= 0.6 is 0 Å². The maximum atomic E-state index is 12.8. The minimum atomic E-state index is -0.571. The quantitative estimate of drug-likeness (QED) is 0.562. The summed E-state index contributed by atoms with van der Waals surface area (Å²) < 4.78 is 10.7. The molecule has 1 aliphatic rings. The predicted molar refractivity (Wildman–Crippen MR) is 106 cm³/mol. The third-order valence-corrected chi connectivity index (χ3v) is 4.64. The molecule has 0 fully saturated rings. The van der Waals surface area contributed by atoms with E-state index < -0.39 is 5.97 Å². The lowest BCUT2D eigenvalue weighted by atomic mass is 9.97. The van der Waals surface area contributed by atoms with E-state index in [9.17, 15) is 9.59 Å². The standard InChI is InChI=1S/C22H26N2O4/c1-15(2)28-22(26)19-20(27-14-24-19)17-10-6-7-11-18(17)21(25)23-13-12-16-8-4-3-5-9-16/h6-8,10-11,14-15H,3-5,9,12-13H2,1-2H3,(H,23,25). The van der Waals surface area contributed by atoms with Gasteiger partial charge in [-0.25, -0.2) is 9.78 Å². The molecule has 0 aliphatic heterocycles. The van der Waals surface area contributed by atoms with Crippen molar-refractivity contribution in [2.75, 3.05) is 6.54 Å². The lowest BCUT2D eigenvalue weighted by Crippen LogP contribution is -2.25. The Bertz CT molecular complexity index is 867. The molecule has 1 N–H and O–H groups in total. The molecule has 1 aromatic heterocycles. The molecule has 0 saturated carbocycles. The summed E-state index contributed by atoms with van der Waals surface area (Å²) in [4.78, 5) is 29.0. The van der Waals surface area contributed by atoms with Gasteiger partial charge in [-0.05, 0) is 52.0 Å². The number of amides is 1. The Morgan fingerprint density at radius 2 is 2.07 bits per heavy atom. The highest BCUT2D eigenvalue weighted by molar-refractivity contribution is 6.03. The summed E-state index contributed by atoms with van der Waals surface area (Å²) in [5, 5.41) is 2.97. The lowest BCUT2D eigenvalue weighted by molar-refractivity contribution is 0.0372. The molecule has 6 heteroatoms. The van der Waals surface area contributed by atoms with Crippen LogP contribution < -0.4 is 5.32 Å². The monoisotopic (exact) mass is 382 g/mol. The number of hydrogen-bond acceptors (Lipinski definition) is 5. The average molecular weight is 382 g/mol. The zero-order valence-electron chi connectivity index (χ0n) is 16.4. The molecule has 1 aromatic carbocycles. The molecule has 28 heavy (non-hydrogen) atoms. The van der Waals surface area contributed by atoms with Gasteiger partial charge in [0.2, 0.25) is 0 Å². The number of carbonyl (C=O) groups is 2. The molecule has 1 amide bonds. The second-order valence-electron chi connectivity index (χ2n) is 7.14. The molecule has 1 heterocycles. The molecule has 3 rings (SSSR count). The second kappa shape index (κ2) is 9.35. The number of benzene rings is 1. The zero-order chi connectivity index (χ0) is 19.9. The van der Waals surface area contributed by atoms with Crippen LogP contribution in [-0.2, 0) is 4.74 Å². The van der Waals surface area contributed by atoms with Gasteiger partial charge in [-0.2, -0.15) is 0 Å². The Balaban J connectivity index is 1.74. The van der Waals surface area contributed by atoms with E-state index in [0.717, 1.165) is 19.3 Å². The molecule has 0 radical (unpaired) electrons. The van der Waals surface area contributed by atoms with E-state index in [0.29, 0.717) is 17.7 Å². The van der Waals surface area contributed by atoms with Gasteiger partial charge in [0.05, 0.1) is 11.7 Å². The molecule has 1 aliphatic carbocycles. The number of rotatable bonds is 7. The van der Waals surface area contributed by atoms with Gasteiger partial charge in [0.15, 0.2) is 17.8 Å². The Labute approximate surface area is 165 Å². The van der Waals surface area contributed by atoms with Crippen molar-refractivity contribution in [3.05, 3.63) is 53.6 Å². The molecule has 0 saturated heterocycles. The zero-order valence-corrected chi connectivity index (χ0v) is 16.4. The van der Waals surface area contributed by atoms with Crippen molar-refractivity contribution >= 4 is 11.9 Å². The number of nitrogens with zero attached hydrogens (tertiary/aromatic N) is 1.